The summed E-state index contributed by atoms with van der Waals surface area (Å²) < 4.78 is 0. The van der Waals surface area contributed by atoms with Gasteiger partial charge in [0.15, 0.2) is 0 Å². The van der Waals surface area contributed by atoms with Gasteiger partial charge in [0.1, 0.15) is 0 Å². The van der Waals surface area contributed by atoms with Gasteiger partial charge >= 0.3 is 0 Å². The Kier molecular flexibility index (Phi) is 4.15. The van der Waals surface area contributed by atoms with E-state index >= 15 is 0 Å². The Labute approximate surface area is 108 Å². The van der Waals surface area contributed by atoms with Crippen molar-refractivity contribution in [2.24, 2.45) is 11.7 Å². The van der Waals surface area contributed by atoms with E-state index in [2.05, 4.69) is 18.3 Å². The standard InChI is InChI=1S/C15H20N2O/c1-2-5-11-6-3-4-7-14(11)17-15(18)12-8-9-13(16)10-12/h3-4,6-9,12-13H,2,5,10,16H2,1H3,(H,17,18). The fraction of sp³-hybridized carbons (Fsp3) is 0.400. The van der Waals surface area contributed by atoms with Crippen LogP contribution in [0.15, 0.2) is 36.4 Å². The molecule has 2 atom stereocenters. The van der Waals surface area contributed by atoms with Crippen LogP contribution < -0.4 is 11.1 Å². The van der Waals surface area contributed by atoms with Gasteiger partial charge in [-0.25, -0.2) is 0 Å². The van der Waals surface area contributed by atoms with Crippen molar-refractivity contribution in [3.8, 4) is 0 Å². The molecule has 0 saturated heterocycles. The molecule has 3 heteroatoms. The second-order valence-corrected chi connectivity index (χ2v) is 4.79. The number of para-hydroxylation sites is 1. The summed E-state index contributed by atoms with van der Waals surface area (Å²) in [5.41, 5.74) is 7.89. The van der Waals surface area contributed by atoms with Gasteiger partial charge in [0.05, 0.1) is 5.92 Å². The molecule has 2 unspecified atom stereocenters. The van der Waals surface area contributed by atoms with Crippen molar-refractivity contribution in [2.45, 2.75) is 32.2 Å². The van der Waals surface area contributed by atoms with Crippen LogP contribution in [-0.2, 0) is 11.2 Å². The molecule has 0 saturated carbocycles. The lowest BCUT2D eigenvalue weighted by atomic mass is 10.1. The lowest BCUT2D eigenvalue weighted by Crippen LogP contribution is -2.24. The van der Waals surface area contributed by atoms with Crippen LogP contribution in [0.3, 0.4) is 0 Å². The summed E-state index contributed by atoms with van der Waals surface area (Å²) in [6.07, 6.45) is 6.57. The Morgan fingerprint density at radius 2 is 2.17 bits per heavy atom. The molecule has 2 rings (SSSR count). The largest absolute Gasteiger partial charge is 0.325 e. The molecule has 0 aliphatic heterocycles. The number of carbonyl (C=O) groups excluding carboxylic acids is 1. The van der Waals surface area contributed by atoms with Gasteiger partial charge in [0.25, 0.3) is 0 Å². The molecule has 0 heterocycles. The van der Waals surface area contributed by atoms with Crippen molar-refractivity contribution < 1.29 is 4.79 Å². The molecule has 1 aliphatic carbocycles. The smallest absolute Gasteiger partial charge is 0.231 e. The highest BCUT2D eigenvalue weighted by Crippen LogP contribution is 2.21. The van der Waals surface area contributed by atoms with Gasteiger partial charge in [-0.1, -0.05) is 43.7 Å². The van der Waals surface area contributed by atoms with Crippen molar-refractivity contribution in [1.29, 1.82) is 0 Å². The first-order valence-corrected chi connectivity index (χ1v) is 6.53. The molecule has 1 amide bonds. The van der Waals surface area contributed by atoms with E-state index < -0.39 is 0 Å². The molecule has 1 aromatic carbocycles. The number of nitrogens with two attached hydrogens (primary N) is 1. The van der Waals surface area contributed by atoms with Crippen molar-refractivity contribution in [3.63, 3.8) is 0 Å². The summed E-state index contributed by atoms with van der Waals surface area (Å²) >= 11 is 0. The number of aryl methyl sites for hydroxylation is 1. The minimum absolute atomic E-state index is 0.0200. The van der Waals surface area contributed by atoms with Crippen LogP contribution in [0.1, 0.15) is 25.3 Å². The maximum atomic E-state index is 12.1. The zero-order valence-electron chi connectivity index (χ0n) is 10.7. The number of carbonyl (C=O) groups is 1. The van der Waals surface area contributed by atoms with Crippen LogP contribution in [0.2, 0.25) is 0 Å². The van der Waals surface area contributed by atoms with Gasteiger partial charge in [-0.05, 0) is 24.5 Å². The molecule has 0 fully saturated rings. The molecule has 3 nitrogen and oxygen atoms in total. The summed E-state index contributed by atoms with van der Waals surface area (Å²) in [4.78, 5) is 12.1. The summed E-state index contributed by atoms with van der Waals surface area (Å²) in [6.45, 7) is 2.14. The average molecular weight is 244 g/mol. The van der Waals surface area contributed by atoms with E-state index in [9.17, 15) is 4.79 Å². The van der Waals surface area contributed by atoms with Crippen molar-refractivity contribution in [3.05, 3.63) is 42.0 Å². The summed E-state index contributed by atoms with van der Waals surface area (Å²) in [5.74, 6) is -0.0440. The van der Waals surface area contributed by atoms with Gasteiger partial charge in [-0.15, -0.1) is 0 Å². The second-order valence-electron chi connectivity index (χ2n) is 4.79. The second kappa shape index (κ2) is 5.83. The molecule has 0 bridgehead atoms. The fourth-order valence-electron chi connectivity index (χ4n) is 2.28. The highest BCUT2D eigenvalue weighted by atomic mass is 16.1. The minimum atomic E-state index is -0.0883. The van der Waals surface area contributed by atoms with E-state index in [1.807, 2.05) is 30.4 Å². The first-order valence-electron chi connectivity index (χ1n) is 6.53. The van der Waals surface area contributed by atoms with E-state index in [-0.39, 0.29) is 17.9 Å². The Morgan fingerprint density at radius 3 is 2.83 bits per heavy atom. The highest BCUT2D eigenvalue weighted by molar-refractivity contribution is 5.94. The van der Waals surface area contributed by atoms with E-state index in [1.54, 1.807) is 0 Å². The van der Waals surface area contributed by atoms with Crippen LogP contribution in [0.4, 0.5) is 5.69 Å². The minimum Gasteiger partial charge on any atom is -0.325 e. The van der Waals surface area contributed by atoms with E-state index in [0.29, 0.717) is 6.42 Å². The van der Waals surface area contributed by atoms with Gasteiger partial charge in [-0.3, -0.25) is 4.79 Å². The van der Waals surface area contributed by atoms with Crippen molar-refractivity contribution in [1.82, 2.24) is 0 Å². The third-order valence-corrected chi connectivity index (χ3v) is 3.25. The van der Waals surface area contributed by atoms with Crippen LogP contribution >= 0.6 is 0 Å². The first-order chi connectivity index (χ1) is 8.70. The molecular weight excluding hydrogens is 224 g/mol. The molecule has 1 aromatic rings. The van der Waals surface area contributed by atoms with E-state index in [4.69, 9.17) is 5.73 Å². The maximum absolute atomic E-state index is 12.1. The quantitative estimate of drug-likeness (QED) is 0.799. The number of benzene rings is 1. The van der Waals surface area contributed by atoms with Crippen molar-refractivity contribution >= 4 is 11.6 Å². The average Bonchev–Trinajstić information content (AvgIpc) is 2.79. The molecular formula is C15H20N2O. The number of hydrogen-bond acceptors (Lipinski definition) is 2. The topological polar surface area (TPSA) is 55.1 Å². The molecule has 3 N–H and O–H groups in total. The van der Waals surface area contributed by atoms with Crippen LogP contribution in [-0.4, -0.2) is 11.9 Å². The molecule has 0 radical (unpaired) electrons. The monoisotopic (exact) mass is 244 g/mol. The number of anilines is 1. The summed E-state index contributed by atoms with van der Waals surface area (Å²) in [5, 5.41) is 3.01. The van der Waals surface area contributed by atoms with Gasteiger partial charge in [0.2, 0.25) is 5.91 Å². The molecule has 96 valence electrons. The Morgan fingerprint density at radius 1 is 1.39 bits per heavy atom. The predicted octanol–water partition coefficient (Wildman–Crippen LogP) is 2.48. The number of hydrogen-bond donors (Lipinski definition) is 2. The van der Waals surface area contributed by atoms with Gasteiger partial charge in [-0.2, -0.15) is 0 Å². The van der Waals surface area contributed by atoms with Crippen LogP contribution in [0.5, 0.6) is 0 Å². The third kappa shape index (κ3) is 2.99. The van der Waals surface area contributed by atoms with E-state index in [1.165, 1.54) is 5.56 Å². The zero-order chi connectivity index (χ0) is 13.0. The Hall–Kier alpha value is -1.61. The Bertz CT molecular complexity index is 454. The lowest BCUT2D eigenvalue weighted by molar-refractivity contribution is -0.118. The van der Waals surface area contributed by atoms with Crippen LogP contribution in [0, 0.1) is 5.92 Å². The number of rotatable bonds is 4. The molecule has 18 heavy (non-hydrogen) atoms. The van der Waals surface area contributed by atoms with Gasteiger partial charge < -0.3 is 11.1 Å². The maximum Gasteiger partial charge on any atom is 0.231 e. The summed E-state index contributed by atoms with van der Waals surface area (Å²) in [6, 6.07) is 8.00. The highest BCUT2D eigenvalue weighted by Gasteiger charge is 2.22. The lowest BCUT2D eigenvalue weighted by Gasteiger charge is -2.13. The number of nitrogens with one attached hydrogen (secondary N) is 1. The van der Waals surface area contributed by atoms with Crippen LogP contribution in [0.25, 0.3) is 0 Å². The molecule has 0 aromatic heterocycles. The Balaban J connectivity index is 2.05. The SMILES string of the molecule is CCCc1ccccc1NC(=O)C1C=CC(N)C1. The number of amides is 1. The predicted molar refractivity (Wildman–Crippen MR) is 74.3 cm³/mol. The molecule has 1 aliphatic rings. The van der Waals surface area contributed by atoms with E-state index in [0.717, 1.165) is 18.5 Å². The van der Waals surface area contributed by atoms with Crippen molar-refractivity contribution in [2.75, 3.05) is 5.32 Å². The van der Waals surface area contributed by atoms with Gasteiger partial charge in [0, 0.05) is 11.7 Å². The fourth-order valence-corrected chi connectivity index (χ4v) is 2.28. The summed E-state index contributed by atoms with van der Waals surface area (Å²) in [7, 11) is 0. The zero-order valence-corrected chi connectivity index (χ0v) is 10.7. The third-order valence-electron chi connectivity index (χ3n) is 3.25. The normalized spacial score (nSPS) is 22.1. The molecule has 0 spiro atoms. The first kappa shape index (κ1) is 12.8.